The lowest BCUT2D eigenvalue weighted by Gasteiger charge is -1.90. The third kappa shape index (κ3) is 1.23. The fraction of sp³-hybridized carbons (Fsp3) is 0.429. The summed E-state index contributed by atoms with van der Waals surface area (Å²) >= 11 is 0. The molecule has 0 atom stereocenters. The van der Waals surface area contributed by atoms with E-state index in [1.807, 2.05) is 19.9 Å². The van der Waals surface area contributed by atoms with Gasteiger partial charge in [0.05, 0.1) is 5.69 Å². The first kappa shape index (κ1) is 6.99. The van der Waals surface area contributed by atoms with Crippen LogP contribution >= 0.6 is 0 Å². The van der Waals surface area contributed by atoms with Gasteiger partial charge in [-0.25, -0.2) is 4.68 Å². The van der Waals surface area contributed by atoms with Gasteiger partial charge >= 0.3 is 0 Å². The number of aryl methyl sites for hydroxylation is 2. The summed E-state index contributed by atoms with van der Waals surface area (Å²) in [6.07, 6.45) is 1.70. The molecule has 1 aromatic rings. The topological polar surface area (TPSA) is 30.2 Å². The van der Waals surface area contributed by atoms with Crippen LogP contribution < -0.4 is 0 Å². The van der Waals surface area contributed by atoms with E-state index in [1.54, 1.807) is 18.1 Å². The Morgan fingerprint density at radius 3 is 2.70 bits per heavy atom. The molecule has 1 rings (SSSR count). The Morgan fingerprint density at radius 1 is 1.60 bits per heavy atom. The molecule has 0 spiro atoms. The van der Waals surface area contributed by atoms with Crippen molar-refractivity contribution in [2.24, 2.45) is 4.99 Å². The van der Waals surface area contributed by atoms with Crippen molar-refractivity contribution in [3.8, 4) is 0 Å². The molecule has 10 heavy (non-hydrogen) atoms. The van der Waals surface area contributed by atoms with E-state index >= 15 is 0 Å². The predicted molar refractivity (Wildman–Crippen MR) is 41.5 cm³/mol. The number of aliphatic imine (C=N–C) groups is 1. The maximum atomic E-state index is 4.17. The molecular formula is C7H11N3. The Hall–Kier alpha value is -1.12. The SMILES string of the molecule is CN=Cn1nc(C)cc1C. The molecule has 0 amide bonds. The van der Waals surface area contributed by atoms with Crippen LogP contribution in [0.25, 0.3) is 0 Å². The lowest BCUT2D eigenvalue weighted by atomic mass is 10.4. The zero-order chi connectivity index (χ0) is 7.56. The van der Waals surface area contributed by atoms with Crippen molar-refractivity contribution in [3.05, 3.63) is 17.5 Å². The van der Waals surface area contributed by atoms with Gasteiger partial charge in [-0.2, -0.15) is 5.10 Å². The highest BCUT2D eigenvalue weighted by Gasteiger charge is 1.94. The Balaban J connectivity index is 3.03. The highest BCUT2D eigenvalue weighted by atomic mass is 15.3. The maximum Gasteiger partial charge on any atom is 0.111 e. The molecule has 54 valence electrons. The van der Waals surface area contributed by atoms with Gasteiger partial charge in [-0.1, -0.05) is 0 Å². The fourth-order valence-corrected chi connectivity index (χ4v) is 0.872. The first-order chi connectivity index (χ1) is 4.74. The summed E-state index contributed by atoms with van der Waals surface area (Å²) in [4.78, 5) is 3.86. The summed E-state index contributed by atoms with van der Waals surface area (Å²) < 4.78 is 1.76. The van der Waals surface area contributed by atoms with Crippen LogP contribution in [0.1, 0.15) is 11.4 Å². The molecule has 1 heterocycles. The second-order valence-corrected chi connectivity index (χ2v) is 2.25. The number of rotatable bonds is 1. The van der Waals surface area contributed by atoms with Crippen molar-refractivity contribution in [1.82, 2.24) is 9.78 Å². The van der Waals surface area contributed by atoms with Gasteiger partial charge in [-0.05, 0) is 19.9 Å². The van der Waals surface area contributed by atoms with Gasteiger partial charge in [-0.3, -0.25) is 4.99 Å². The molecule has 0 aliphatic rings. The van der Waals surface area contributed by atoms with Crippen molar-refractivity contribution >= 4 is 6.34 Å². The van der Waals surface area contributed by atoms with E-state index in [1.165, 1.54) is 0 Å². The van der Waals surface area contributed by atoms with Crippen molar-refractivity contribution in [3.63, 3.8) is 0 Å². The van der Waals surface area contributed by atoms with Gasteiger partial charge in [-0.15, -0.1) is 0 Å². The molecule has 0 radical (unpaired) electrons. The predicted octanol–water partition coefficient (Wildman–Crippen LogP) is 1.01. The molecule has 0 saturated carbocycles. The highest BCUT2D eigenvalue weighted by Crippen LogP contribution is 1.97. The van der Waals surface area contributed by atoms with Gasteiger partial charge in [0.15, 0.2) is 0 Å². The number of aromatic nitrogens is 2. The molecule has 0 N–H and O–H groups in total. The lowest BCUT2D eigenvalue weighted by Crippen LogP contribution is -1.99. The van der Waals surface area contributed by atoms with Crippen LogP contribution in [-0.2, 0) is 0 Å². The van der Waals surface area contributed by atoms with E-state index in [-0.39, 0.29) is 0 Å². The van der Waals surface area contributed by atoms with Gasteiger partial charge < -0.3 is 0 Å². The molecule has 1 aromatic heterocycles. The molecule has 3 heteroatoms. The van der Waals surface area contributed by atoms with E-state index in [9.17, 15) is 0 Å². The molecule has 0 unspecified atom stereocenters. The summed E-state index contributed by atoms with van der Waals surface area (Å²) in [5, 5.41) is 4.17. The minimum absolute atomic E-state index is 1.03. The molecule has 0 bridgehead atoms. The molecule has 0 fully saturated rings. The Morgan fingerprint density at radius 2 is 2.30 bits per heavy atom. The van der Waals surface area contributed by atoms with Crippen LogP contribution in [0.3, 0.4) is 0 Å². The molecule has 0 aliphatic heterocycles. The third-order valence-electron chi connectivity index (χ3n) is 1.27. The minimum Gasteiger partial charge on any atom is -0.277 e. The average molecular weight is 137 g/mol. The molecule has 0 aliphatic carbocycles. The Bertz CT molecular complexity index is 247. The number of hydrogen-bond acceptors (Lipinski definition) is 2. The highest BCUT2D eigenvalue weighted by molar-refractivity contribution is 5.57. The van der Waals surface area contributed by atoms with E-state index in [0.717, 1.165) is 11.4 Å². The molecular weight excluding hydrogens is 126 g/mol. The lowest BCUT2D eigenvalue weighted by molar-refractivity contribution is 0.897. The van der Waals surface area contributed by atoms with E-state index in [4.69, 9.17) is 0 Å². The van der Waals surface area contributed by atoms with E-state index < -0.39 is 0 Å². The van der Waals surface area contributed by atoms with Crippen LogP contribution in [0.5, 0.6) is 0 Å². The van der Waals surface area contributed by atoms with Crippen LogP contribution in [0.2, 0.25) is 0 Å². The van der Waals surface area contributed by atoms with Crippen LogP contribution in [0.4, 0.5) is 0 Å². The van der Waals surface area contributed by atoms with Gasteiger partial charge in [0, 0.05) is 12.7 Å². The van der Waals surface area contributed by atoms with Crippen molar-refractivity contribution in [2.45, 2.75) is 13.8 Å². The van der Waals surface area contributed by atoms with Crippen molar-refractivity contribution < 1.29 is 0 Å². The summed E-state index contributed by atoms with van der Waals surface area (Å²) in [5.74, 6) is 0. The third-order valence-corrected chi connectivity index (χ3v) is 1.27. The summed E-state index contributed by atoms with van der Waals surface area (Å²) in [5.41, 5.74) is 2.14. The first-order valence-corrected chi connectivity index (χ1v) is 3.19. The summed E-state index contributed by atoms with van der Waals surface area (Å²) in [6.45, 7) is 3.97. The van der Waals surface area contributed by atoms with E-state index in [0.29, 0.717) is 0 Å². The average Bonchev–Trinajstić information content (AvgIpc) is 2.13. The zero-order valence-corrected chi connectivity index (χ0v) is 6.50. The van der Waals surface area contributed by atoms with Gasteiger partial charge in [0.2, 0.25) is 0 Å². The molecule has 0 saturated heterocycles. The molecule has 0 aromatic carbocycles. The number of hydrogen-bond donors (Lipinski definition) is 0. The van der Waals surface area contributed by atoms with Gasteiger partial charge in [0.25, 0.3) is 0 Å². The first-order valence-electron chi connectivity index (χ1n) is 3.19. The molecule has 3 nitrogen and oxygen atoms in total. The second kappa shape index (κ2) is 2.64. The quantitative estimate of drug-likeness (QED) is 0.419. The summed E-state index contributed by atoms with van der Waals surface area (Å²) in [6, 6.07) is 2.02. The van der Waals surface area contributed by atoms with Crippen LogP contribution in [0.15, 0.2) is 11.1 Å². The largest absolute Gasteiger partial charge is 0.277 e. The van der Waals surface area contributed by atoms with Crippen LogP contribution in [-0.4, -0.2) is 23.2 Å². The monoisotopic (exact) mass is 137 g/mol. The summed E-state index contributed by atoms with van der Waals surface area (Å²) in [7, 11) is 1.73. The zero-order valence-electron chi connectivity index (χ0n) is 6.50. The van der Waals surface area contributed by atoms with Crippen molar-refractivity contribution in [2.75, 3.05) is 7.05 Å². The minimum atomic E-state index is 1.03. The van der Waals surface area contributed by atoms with Gasteiger partial charge in [0.1, 0.15) is 6.34 Å². The standard InChI is InChI=1S/C7H11N3/c1-6-4-7(2)10(9-6)5-8-3/h4-5H,1-3H3. The Labute approximate surface area is 60.4 Å². The van der Waals surface area contributed by atoms with E-state index in [2.05, 4.69) is 10.1 Å². The van der Waals surface area contributed by atoms with Crippen LogP contribution in [0, 0.1) is 13.8 Å². The maximum absolute atomic E-state index is 4.17. The second-order valence-electron chi connectivity index (χ2n) is 2.25. The van der Waals surface area contributed by atoms with Crippen molar-refractivity contribution in [1.29, 1.82) is 0 Å². The normalized spacial score (nSPS) is 11.1. The fourth-order valence-electron chi connectivity index (χ4n) is 0.872. The number of nitrogens with zero attached hydrogens (tertiary/aromatic N) is 3. The Kier molecular flexibility index (Phi) is 1.85. The smallest absolute Gasteiger partial charge is 0.111 e.